The molecule has 0 spiro atoms. The van der Waals surface area contributed by atoms with Crippen molar-refractivity contribution in [3.05, 3.63) is 11.8 Å². The lowest BCUT2D eigenvalue weighted by Crippen LogP contribution is -2.41. The SMILES string of the molecule is CC1(C)OB(c2cc(C(F)(F)F)n(C3CC3)n2)OC1(C)C. The van der Waals surface area contributed by atoms with Crippen LogP contribution in [-0.4, -0.2) is 28.1 Å². The van der Waals surface area contributed by atoms with Crippen molar-refractivity contribution in [2.45, 2.75) is 64.0 Å². The van der Waals surface area contributed by atoms with Crippen LogP contribution in [0.3, 0.4) is 0 Å². The molecule has 1 aromatic rings. The molecule has 1 aliphatic heterocycles. The first-order chi connectivity index (χ1) is 9.51. The third kappa shape index (κ3) is 2.48. The standard InChI is InChI=1S/C13H18BF3N2O2/c1-11(2)12(3,4)21-14(20-11)10-7-9(13(15,16)17)19(18-10)8-5-6-8/h7-8H,5-6H2,1-4H3. The normalized spacial score (nSPS) is 24.6. The second-order valence-electron chi connectivity index (χ2n) is 6.72. The van der Waals surface area contributed by atoms with E-state index in [0.29, 0.717) is 0 Å². The van der Waals surface area contributed by atoms with Crippen LogP contribution < -0.4 is 5.59 Å². The molecule has 116 valence electrons. The molecule has 2 heterocycles. The molecule has 4 nitrogen and oxygen atoms in total. The first kappa shape index (κ1) is 14.9. The average Bonchev–Trinajstić information content (AvgIpc) is 2.99. The van der Waals surface area contributed by atoms with E-state index in [1.807, 2.05) is 27.7 Å². The minimum atomic E-state index is -4.42. The highest BCUT2D eigenvalue weighted by Gasteiger charge is 2.53. The van der Waals surface area contributed by atoms with Crippen molar-refractivity contribution in [2.24, 2.45) is 0 Å². The number of hydrogen-bond acceptors (Lipinski definition) is 3. The highest BCUT2D eigenvalue weighted by Crippen LogP contribution is 2.40. The van der Waals surface area contributed by atoms with E-state index in [-0.39, 0.29) is 11.6 Å². The molecule has 1 saturated carbocycles. The summed E-state index contributed by atoms with van der Waals surface area (Å²) in [6.07, 6.45) is -2.96. The second-order valence-corrected chi connectivity index (χ2v) is 6.72. The molecular formula is C13H18BF3N2O2. The molecule has 0 radical (unpaired) electrons. The van der Waals surface area contributed by atoms with Gasteiger partial charge < -0.3 is 9.31 Å². The summed E-state index contributed by atoms with van der Waals surface area (Å²) in [5.41, 5.74) is -1.73. The van der Waals surface area contributed by atoms with Crippen LogP contribution in [0.4, 0.5) is 13.2 Å². The van der Waals surface area contributed by atoms with Crippen LogP contribution in [0.2, 0.25) is 0 Å². The number of hydrogen-bond donors (Lipinski definition) is 0. The van der Waals surface area contributed by atoms with Crippen molar-refractivity contribution in [3.8, 4) is 0 Å². The van der Waals surface area contributed by atoms with E-state index < -0.39 is 30.2 Å². The lowest BCUT2D eigenvalue weighted by molar-refractivity contribution is -0.144. The largest absolute Gasteiger partial charge is 0.516 e. The van der Waals surface area contributed by atoms with Crippen LogP contribution in [0.25, 0.3) is 0 Å². The van der Waals surface area contributed by atoms with Gasteiger partial charge in [0.15, 0.2) is 0 Å². The van der Waals surface area contributed by atoms with Gasteiger partial charge in [0.1, 0.15) is 5.69 Å². The Kier molecular flexibility index (Phi) is 3.02. The van der Waals surface area contributed by atoms with Gasteiger partial charge in [-0.2, -0.15) is 18.3 Å². The quantitative estimate of drug-likeness (QED) is 0.788. The zero-order valence-corrected chi connectivity index (χ0v) is 12.5. The van der Waals surface area contributed by atoms with E-state index >= 15 is 0 Å². The maximum atomic E-state index is 13.1. The summed E-state index contributed by atoms with van der Waals surface area (Å²) in [5.74, 6) is 0. The summed E-state index contributed by atoms with van der Waals surface area (Å²) in [7, 11) is -0.865. The van der Waals surface area contributed by atoms with Gasteiger partial charge in [-0.3, -0.25) is 4.68 Å². The van der Waals surface area contributed by atoms with Crippen LogP contribution in [0.1, 0.15) is 52.3 Å². The average molecular weight is 302 g/mol. The molecular weight excluding hydrogens is 284 g/mol. The minimum absolute atomic E-state index is 0.155. The maximum Gasteiger partial charge on any atom is 0.516 e. The van der Waals surface area contributed by atoms with Gasteiger partial charge in [0.2, 0.25) is 0 Å². The van der Waals surface area contributed by atoms with Crippen molar-refractivity contribution in [2.75, 3.05) is 0 Å². The van der Waals surface area contributed by atoms with Crippen molar-refractivity contribution in [3.63, 3.8) is 0 Å². The topological polar surface area (TPSA) is 36.3 Å². The Morgan fingerprint density at radius 3 is 2.14 bits per heavy atom. The molecule has 0 amide bonds. The summed E-state index contributed by atoms with van der Waals surface area (Å²) in [5, 5.41) is 4.10. The fourth-order valence-electron chi connectivity index (χ4n) is 2.30. The Hall–Kier alpha value is -1.02. The van der Waals surface area contributed by atoms with Gasteiger partial charge in [-0.05, 0) is 46.6 Å². The smallest absolute Gasteiger partial charge is 0.398 e. The third-order valence-corrected chi connectivity index (χ3v) is 4.43. The predicted octanol–water partition coefficient (Wildman–Crippen LogP) is 2.54. The molecule has 2 fully saturated rings. The van der Waals surface area contributed by atoms with E-state index in [1.165, 1.54) is 0 Å². The molecule has 2 aliphatic rings. The minimum Gasteiger partial charge on any atom is -0.398 e. The molecule has 1 saturated heterocycles. The fraction of sp³-hybridized carbons (Fsp3) is 0.769. The number of alkyl halides is 3. The van der Waals surface area contributed by atoms with Gasteiger partial charge in [-0.15, -0.1) is 0 Å². The summed E-state index contributed by atoms with van der Waals surface area (Å²) < 4.78 is 51.9. The highest BCUT2D eigenvalue weighted by molar-refractivity contribution is 6.61. The Morgan fingerprint density at radius 1 is 1.19 bits per heavy atom. The fourth-order valence-corrected chi connectivity index (χ4v) is 2.30. The van der Waals surface area contributed by atoms with Crippen LogP contribution in [0.5, 0.6) is 0 Å². The number of halogens is 3. The van der Waals surface area contributed by atoms with Crippen LogP contribution >= 0.6 is 0 Å². The van der Waals surface area contributed by atoms with Crippen LogP contribution in [0, 0.1) is 0 Å². The molecule has 0 atom stereocenters. The monoisotopic (exact) mass is 302 g/mol. The zero-order valence-electron chi connectivity index (χ0n) is 12.5. The molecule has 0 N–H and O–H groups in total. The van der Waals surface area contributed by atoms with Gasteiger partial charge in [-0.25, -0.2) is 0 Å². The Morgan fingerprint density at radius 2 is 1.71 bits per heavy atom. The molecule has 1 aliphatic carbocycles. The first-order valence-electron chi connectivity index (χ1n) is 7.03. The van der Waals surface area contributed by atoms with E-state index in [1.54, 1.807) is 0 Å². The predicted molar refractivity (Wildman–Crippen MR) is 71.2 cm³/mol. The zero-order chi connectivity index (χ0) is 15.6. The van der Waals surface area contributed by atoms with E-state index in [9.17, 15) is 13.2 Å². The summed E-state index contributed by atoms with van der Waals surface area (Å²) >= 11 is 0. The van der Waals surface area contributed by atoms with Crippen molar-refractivity contribution in [1.29, 1.82) is 0 Å². The molecule has 0 unspecified atom stereocenters. The van der Waals surface area contributed by atoms with Gasteiger partial charge in [0.25, 0.3) is 0 Å². The van der Waals surface area contributed by atoms with Gasteiger partial charge in [0.05, 0.1) is 22.8 Å². The second kappa shape index (κ2) is 4.26. The lowest BCUT2D eigenvalue weighted by Gasteiger charge is -2.32. The van der Waals surface area contributed by atoms with Crippen molar-refractivity contribution >= 4 is 12.7 Å². The molecule has 0 bridgehead atoms. The van der Waals surface area contributed by atoms with Crippen molar-refractivity contribution in [1.82, 2.24) is 9.78 Å². The van der Waals surface area contributed by atoms with Gasteiger partial charge in [-0.1, -0.05) is 0 Å². The number of nitrogens with zero attached hydrogens (tertiary/aromatic N) is 2. The summed E-state index contributed by atoms with van der Waals surface area (Å²) in [6.45, 7) is 7.43. The lowest BCUT2D eigenvalue weighted by atomic mass is 9.85. The van der Waals surface area contributed by atoms with Gasteiger partial charge >= 0.3 is 13.3 Å². The molecule has 0 aromatic carbocycles. The summed E-state index contributed by atoms with van der Waals surface area (Å²) in [4.78, 5) is 0. The molecule has 1 aromatic heterocycles. The molecule has 3 rings (SSSR count). The molecule has 8 heteroatoms. The number of rotatable bonds is 2. The third-order valence-electron chi connectivity index (χ3n) is 4.43. The molecule has 21 heavy (non-hydrogen) atoms. The van der Waals surface area contributed by atoms with Crippen molar-refractivity contribution < 1.29 is 22.5 Å². The first-order valence-corrected chi connectivity index (χ1v) is 7.03. The summed E-state index contributed by atoms with van der Waals surface area (Å²) in [6, 6.07) is 0.887. The Labute approximate surface area is 121 Å². The van der Waals surface area contributed by atoms with E-state index in [2.05, 4.69) is 5.10 Å². The number of aromatic nitrogens is 2. The van der Waals surface area contributed by atoms with Crippen LogP contribution in [-0.2, 0) is 15.5 Å². The van der Waals surface area contributed by atoms with Gasteiger partial charge in [0, 0.05) is 0 Å². The van der Waals surface area contributed by atoms with E-state index in [4.69, 9.17) is 9.31 Å². The Balaban J connectivity index is 1.94. The maximum absolute atomic E-state index is 13.1. The highest BCUT2D eigenvalue weighted by atomic mass is 19.4. The Bertz CT molecular complexity index is 548. The van der Waals surface area contributed by atoms with E-state index in [0.717, 1.165) is 23.6 Å². The van der Waals surface area contributed by atoms with Crippen LogP contribution in [0.15, 0.2) is 6.07 Å².